The molecule has 0 saturated carbocycles. The van der Waals surface area contributed by atoms with Gasteiger partial charge in [-0.2, -0.15) is 0 Å². The van der Waals surface area contributed by atoms with Crippen molar-refractivity contribution in [2.45, 2.75) is 18.4 Å². The Labute approximate surface area is 176 Å². The molecule has 0 aromatic heterocycles. The van der Waals surface area contributed by atoms with Gasteiger partial charge in [-0.25, -0.2) is 4.79 Å². The number of methoxy groups -OCH3 is 1. The number of para-hydroxylation sites is 1. The molecule has 1 aliphatic rings. The monoisotopic (exact) mass is 403 g/mol. The second kappa shape index (κ2) is 9.01. The minimum Gasteiger partial charge on any atom is -0.496 e. The summed E-state index contributed by atoms with van der Waals surface area (Å²) in [4.78, 5) is 12.6. The summed E-state index contributed by atoms with van der Waals surface area (Å²) in [5.41, 5.74) is 5.53. The SMILES string of the molecule is COc1ccccc1[C@@H](CCO)NC(=O)OCC1c2ccccc2-c2ccccc21. The number of fused-ring (bicyclic) bond motifs is 3. The summed E-state index contributed by atoms with van der Waals surface area (Å²) in [6.45, 7) is 0.185. The van der Waals surface area contributed by atoms with Gasteiger partial charge in [0.1, 0.15) is 12.4 Å². The van der Waals surface area contributed by atoms with Crippen LogP contribution in [0.15, 0.2) is 72.8 Å². The van der Waals surface area contributed by atoms with Crippen molar-refractivity contribution in [2.75, 3.05) is 20.3 Å². The number of amides is 1. The lowest BCUT2D eigenvalue weighted by molar-refractivity contribution is 0.136. The van der Waals surface area contributed by atoms with Crippen LogP contribution in [0.1, 0.15) is 35.1 Å². The molecule has 0 unspecified atom stereocenters. The van der Waals surface area contributed by atoms with E-state index in [2.05, 4.69) is 29.6 Å². The number of nitrogens with one attached hydrogen (secondary N) is 1. The van der Waals surface area contributed by atoms with Crippen molar-refractivity contribution in [1.82, 2.24) is 5.32 Å². The molecule has 0 heterocycles. The van der Waals surface area contributed by atoms with Crippen LogP contribution in [0.2, 0.25) is 0 Å². The summed E-state index contributed by atoms with van der Waals surface area (Å²) in [6, 6.07) is 23.5. The number of hydrogen-bond acceptors (Lipinski definition) is 4. The van der Waals surface area contributed by atoms with E-state index in [1.807, 2.05) is 48.5 Å². The van der Waals surface area contributed by atoms with Gasteiger partial charge in [0.15, 0.2) is 0 Å². The lowest BCUT2D eigenvalue weighted by atomic mass is 9.98. The molecule has 0 fully saturated rings. The van der Waals surface area contributed by atoms with Crippen LogP contribution in [0.25, 0.3) is 11.1 Å². The van der Waals surface area contributed by atoms with Gasteiger partial charge in [-0.1, -0.05) is 66.7 Å². The van der Waals surface area contributed by atoms with Crippen LogP contribution in [-0.4, -0.2) is 31.5 Å². The largest absolute Gasteiger partial charge is 0.496 e. The molecule has 30 heavy (non-hydrogen) atoms. The average Bonchev–Trinajstić information content (AvgIpc) is 3.11. The average molecular weight is 403 g/mol. The van der Waals surface area contributed by atoms with Gasteiger partial charge in [-0.15, -0.1) is 0 Å². The Morgan fingerprint density at radius 3 is 2.20 bits per heavy atom. The van der Waals surface area contributed by atoms with E-state index in [1.54, 1.807) is 7.11 Å². The number of hydrogen-bond donors (Lipinski definition) is 2. The van der Waals surface area contributed by atoms with Crippen molar-refractivity contribution in [1.29, 1.82) is 0 Å². The predicted octanol–water partition coefficient (Wildman–Crippen LogP) is 4.66. The third-order valence-electron chi connectivity index (χ3n) is 5.57. The molecule has 3 aromatic rings. The van der Waals surface area contributed by atoms with Crippen molar-refractivity contribution < 1.29 is 19.4 Å². The van der Waals surface area contributed by atoms with Crippen LogP contribution < -0.4 is 10.1 Å². The molecule has 0 radical (unpaired) electrons. The number of alkyl carbamates (subject to hydrolysis) is 1. The molecule has 3 aromatic carbocycles. The zero-order chi connectivity index (χ0) is 20.9. The number of benzene rings is 3. The van der Waals surface area contributed by atoms with Crippen molar-refractivity contribution in [3.05, 3.63) is 89.5 Å². The maximum Gasteiger partial charge on any atom is 0.407 e. The van der Waals surface area contributed by atoms with Crippen LogP contribution >= 0.6 is 0 Å². The molecular weight excluding hydrogens is 378 g/mol. The van der Waals surface area contributed by atoms with Gasteiger partial charge < -0.3 is 19.9 Å². The molecule has 5 nitrogen and oxygen atoms in total. The predicted molar refractivity (Wildman–Crippen MR) is 116 cm³/mol. The standard InChI is InChI=1S/C25H25NO4/c1-29-24-13-7-6-12-21(24)23(14-15-27)26-25(28)30-16-22-19-10-4-2-8-17(19)18-9-3-5-11-20(18)22/h2-13,22-23,27H,14-16H2,1H3,(H,26,28)/t23-/m1/s1. The fraction of sp³-hybridized carbons (Fsp3) is 0.240. The Kier molecular flexibility index (Phi) is 6.00. The van der Waals surface area contributed by atoms with E-state index in [4.69, 9.17) is 9.47 Å². The van der Waals surface area contributed by atoms with Gasteiger partial charge in [-0.3, -0.25) is 0 Å². The number of carbonyl (C=O) groups is 1. The minimum absolute atomic E-state index is 0.00528. The van der Waals surface area contributed by atoms with Gasteiger partial charge >= 0.3 is 6.09 Å². The molecule has 0 saturated heterocycles. The van der Waals surface area contributed by atoms with Crippen LogP contribution in [-0.2, 0) is 4.74 Å². The second-order valence-electron chi connectivity index (χ2n) is 7.28. The third-order valence-corrected chi connectivity index (χ3v) is 5.57. The topological polar surface area (TPSA) is 67.8 Å². The third kappa shape index (κ3) is 3.89. The number of aliphatic hydroxyl groups is 1. The minimum atomic E-state index is -0.513. The molecule has 0 spiro atoms. The molecule has 154 valence electrons. The summed E-state index contributed by atoms with van der Waals surface area (Å²) in [5, 5.41) is 12.3. The Bertz CT molecular complexity index is 987. The Hall–Kier alpha value is -3.31. The number of carbonyl (C=O) groups excluding carboxylic acids is 1. The molecule has 1 amide bonds. The number of aliphatic hydroxyl groups excluding tert-OH is 1. The summed E-state index contributed by atoms with van der Waals surface area (Å²) in [7, 11) is 1.59. The first kappa shape index (κ1) is 20.0. The highest BCUT2D eigenvalue weighted by Gasteiger charge is 2.29. The van der Waals surface area contributed by atoms with Crippen molar-refractivity contribution >= 4 is 6.09 Å². The van der Waals surface area contributed by atoms with E-state index < -0.39 is 12.1 Å². The van der Waals surface area contributed by atoms with Crippen LogP contribution in [0.5, 0.6) is 5.75 Å². The van der Waals surface area contributed by atoms with Gasteiger partial charge in [0.05, 0.1) is 13.2 Å². The second-order valence-corrected chi connectivity index (χ2v) is 7.28. The maximum atomic E-state index is 12.6. The highest BCUT2D eigenvalue weighted by Crippen LogP contribution is 2.44. The molecule has 1 aliphatic carbocycles. The van der Waals surface area contributed by atoms with Crippen LogP contribution in [0, 0.1) is 0 Å². The maximum absolute atomic E-state index is 12.6. The quantitative estimate of drug-likeness (QED) is 0.602. The molecule has 5 heteroatoms. The molecule has 1 atom stereocenters. The summed E-state index contributed by atoms with van der Waals surface area (Å²) in [5.74, 6) is 0.667. The van der Waals surface area contributed by atoms with Crippen molar-refractivity contribution in [3.63, 3.8) is 0 Å². The normalized spacial score (nSPS) is 13.3. The number of ether oxygens (including phenoxy) is 2. The first-order valence-electron chi connectivity index (χ1n) is 10.1. The molecule has 4 rings (SSSR count). The van der Waals surface area contributed by atoms with E-state index in [1.165, 1.54) is 22.3 Å². The van der Waals surface area contributed by atoms with Crippen LogP contribution in [0.4, 0.5) is 4.79 Å². The fourth-order valence-corrected chi connectivity index (χ4v) is 4.17. The fourth-order valence-electron chi connectivity index (χ4n) is 4.17. The zero-order valence-corrected chi connectivity index (χ0v) is 16.9. The lowest BCUT2D eigenvalue weighted by Crippen LogP contribution is -2.31. The Balaban J connectivity index is 1.48. The molecule has 0 aliphatic heterocycles. The Morgan fingerprint density at radius 2 is 1.57 bits per heavy atom. The van der Waals surface area contributed by atoms with Crippen LogP contribution in [0.3, 0.4) is 0 Å². The van der Waals surface area contributed by atoms with E-state index in [9.17, 15) is 9.90 Å². The van der Waals surface area contributed by atoms with Gasteiger partial charge in [0, 0.05) is 18.1 Å². The molecule has 0 bridgehead atoms. The van der Waals surface area contributed by atoms with E-state index >= 15 is 0 Å². The zero-order valence-electron chi connectivity index (χ0n) is 16.9. The summed E-state index contributed by atoms with van der Waals surface area (Å²) < 4.78 is 11.0. The number of rotatable bonds is 7. The first-order chi connectivity index (χ1) is 14.7. The highest BCUT2D eigenvalue weighted by atomic mass is 16.5. The van der Waals surface area contributed by atoms with E-state index in [-0.39, 0.29) is 19.1 Å². The van der Waals surface area contributed by atoms with E-state index in [0.29, 0.717) is 12.2 Å². The van der Waals surface area contributed by atoms with E-state index in [0.717, 1.165) is 5.56 Å². The van der Waals surface area contributed by atoms with Crippen molar-refractivity contribution in [3.8, 4) is 16.9 Å². The van der Waals surface area contributed by atoms with Gasteiger partial charge in [0.25, 0.3) is 0 Å². The molecular formula is C25H25NO4. The lowest BCUT2D eigenvalue weighted by Gasteiger charge is -2.21. The Morgan fingerprint density at radius 1 is 0.967 bits per heavy atom. The summed E-state index contributed by atoms with van der Waals surface area (Å²) >= 11 is 0. The first-order valence-corrected chi connectivity index (χ1v) is 10.1. The van der Waals surface area contributed by atoms with Gasteiger partial charge in [-0.05, 0) is 34.7 Å². The smallest absolute Gasteiger partial charge is 0.407 e. The van der Waals surface area contributed by atoms with Gasteiger partial charge in [0.2, 0.25) is 0 Å². The molecule has 2 N–H and O–H groups in total. The highest BCUT2D eigenvalue weighted by molar-refractivity contribution is 5.79. The summed E-state index contributed by atoms with van der Waals surface area (Å²) in [6.07, 6.45) is -0.147. The van der Waals surface area contributed by atoms with Crippen molar-refractivity contribution in [2.24, 2.45) is 0 Å².